The van der Waals surface area contributed by atoms with Gasteiger partial charge < -0.3 is 24.8 Å². The number of ether oxygens (including phenoxy) is 3. The second-order valence-corrected chi connectivity index (χ2v) is 8.68. The van der Waals surface area contributed by atoms with Crippen LogP contribution in [0.1, 0.15) is 51.5 Å². The number of methoxy groups -OCH3 is 3. The average Bonchev–Trinajstić information content (AvgIpc) is 3.20. The molecule has 1 aromatic rings. The van der Waals surface area contributed by atoms with E-state index in [1.165, 1.54) is 31.2 Å². The maximum atomic E-state index is 5.47. The molecule has 1 aliphatic rings. The molecule has 0 atom stereocenters. The number of aliphatic imine (C=N–C) groups is 1. The Balaban J connectivity index is 0.00000450. The molecule has 0 spiro atoms. The quantitative estimate of drug-likeness (QED) is 0.266. The Hall–Kier alpha value is -1.22. The molecule has 172 valence electrons. The third-order valence-electron chi connectivity index (χ3n) is 6.22. The molecule has 30 heavy (non-hydrogen) atoms. The molecular formula is C23H40IN3O3. The van der Waals surface area contributed by atoms with Crippen LogP contribution < -0.4 is 20.1 Å². The normalized spacial score (nSPS) is 16.0. The van der Waals surface area contributed by atoms with Crippen molar-refractivity contribution in [1.82, 2.24) is 10.6 Å². The fraction of sp³-hybridized carbons (Fsp3) is 0.696. The summed E-state index contributed by atoms with van der Waals surface area (Å²) >= 11 is 0. The third-order valence-corrected chi connectivity index (χ3v) is 6.22. The molecule has 0 radical (unpaired) electrons. The summed E-state index contributed by atoms with van der Waals surface area (Å²) in [5.74, 6) is 2.35. The molecule has 2 rings (SSSR count). The fourth-order valence-corrected chi connectivity index (χ4v) is 4.11. The van der Waals surface area contributed by atoms with Gasteiger partial charge in [-0.15, -0.1) is 24.0 Å². The Morgan fingerprint density at radius 2 is 1.73 bits per heavy atom. The van der Waals surface area contributed by atoms with Crippen molar-refractivity contribution >= 4 is 29.9 Å². The van der Waals surface area contributed by atoms with Crippen molar-refractivity contribution in [2.24, 2.45) is 10.4 Å². The molecule has 1 aromatic carbocycles. The SMILES string of the molecule is CN=C(NCC1(CCOC)CCCC1)NCC(C)(C)c1ccc(OC)c(OC)c1.I. The maximum Gasteiger partial charge on any atom is 0.191 e. The Bertz CT molecular complexity index is 674. The summed E-state index contributed by atoms with van der Waals surface area (Å²) in [6, 6.07) is 6.11. The van der Waals surface area contributed by atoms with Crippen LogP contribution in [0.25, 0.3) is 0 Å². The van der Waals surface area contributed by atoms with Gasteiger partial charge in [-0.3, -0.25) is 4.99 Å². The van der Waals surface area contributed by atoms with Gasteiger partial charge in [0.1, 0.15) is 0 Å². The van der Waals surface area contributed by atoms with Gasteiger partial charge >= 0.3 is 0 Å². The van der Waals surface area contributed by atoms with Crippen LogP contribution in [-0.2, 0) is 10.2 Å². The largest absolute Gasteiger partial charge is 0.493 e. The Morgan fingerprint density at radius 3 is 2.30 bits per heavy atom. The number of nitrogens with zero attached hydrogens (tertiary/aromatic N) is 1. The van der Waals surface area contributed by atoms with Crippen LogP contribution in [0.15, 0.2) is 23.2 Å². The van der Waals surface area contributed by atoms with Gasteiger partial charge in [0.05, 0.1) is 14.2 Å². The molecule has 0 saturated heterocycles. The first kappa shape index (κ1) is 26.8. The summed E-state index contributed by atoms with van der Waals surface area (Å²) in [7, 11) is 6.94. The second kappa shape index (κ2) is 12.6. The van der Waals surface area contributed by atoms with Crippen LogP contribution >= 0.6 is 24.0 Å². The predicted octanol–water partition coefficient (Wildman–Crippen LogP) is 4.36. The zero-order valence-electron chi connectivity index (χ0n) is 19.5. The molecule has 0 bridgehead atoms. The van der Waals surface area contributed by atoms with Crippen LogP contribution in [0, 0.1) is 5.41 Å². The minimum Gasteiger partial charge on any atom is -0.493 e. The van der Waals surface area contributed by atoms with Crippen molar-refractivity contribution in [3.63, 3.8) is 0 Å². The molecule has 0 aliphatic heterocycles. The van der Waals surface area contributed by atoms with E-state index in [-0.39, 0.29) is 29.4 Å². The van der Waals surface area contributed by atoms with Gasteiger partial charge in [0, 0.05) is 39.3 Å². The average molecular weight is 533 g/mol. The highest BCUT2D eigenvalue weighted by atomic mass is 127. The van der Waals surface area contributed by atoms with Crippen molar-refractivity contribution in [2.75, 3.05) is 48.1 Å². The highest BCUT2D eigenvalue weighted by Crippen LogP contribution is 2.40. The minimum absolute atomic E-state index is 0. The van der Waals surface area contributed by atoms with Gasteiger partial charge in [-0.1, -0.05) is 32.8 Å². The number of nitrogens with one attached hydrogen (secondary N) is 2. The first-order chi connectivity index (χ1) is 13.9. The summed E-state index contributed by atoms with van der Waals surface area (Å²) in [6.07, 6.45) is 6.24. The summed E-state index contributed by atoms with van der Waals surface area (Å²) in [4.78, 5) is 4.44. The van der Waals surface area contributed by atoms with E-state index < -0.39 is 0 Å². The molecule has 1 saturated carbocycles. The van der Waals surface area contributed by atoms with Gasteiger partial charge in [-0.2, -0.15) is 0 Å². The number of hydrogen-bond acceptors (Lipinski definition) is 4. The molecule has 0 heterocycles. The van der Waals surface area contributed by atoms with Crippen LogP contribution in [-0.4, -0.2) is 54.0 Å². The molecule has 1 aliphatic carbocycles. The molecule has 6 nitrogen and oxygen atoms in total. The molecule has 2 N–H and O–H groups in total. The number of benzene rings is 1. The monoisotopic (exact) mass is 533 g/mol. The molecule has 0 aromatic heterocycles. The standard InChI is InChI=1S/C23H39N3O3.HI/c1-22(2,18-9-10-19(28-5)20(15-18)29-6)16-25-21(24-3)26-17-23(13-14-27-4)11-7-8-12-23;/h9-10,15H,7-8,11-14,16-17H2,1-6H3,(H2,24,25,26);1H. The lowest BCUT2D eigenvalue weighted by Crippen LogP contribution is -2.46. The smallest absolute Gasteiger partial charge is 0.191 e. The minimum atomic E-state index is -0.0989. The summed E-state index contributed by atoms with van der Waals surface area (Å²) in [6.45, 7) is 6.94. The van der Waals surface area contributed by atoms with Crippen molar-refractivity contribution in [1.29, 1.82) is 0 Å². The van der Waals surface area contributed by atoms with Crippen molar-refractivity contribution in [2.45, 2.75) is 51.4 Å². The Kier molecular flexibility index (Phi) is 11.3. The van der Waals surface area contributed by atoms with E-state index in [0.29, 0.717) is 5.41 Å². The van der Waals surface area contributed by atoms with E-state index in [9.17, 15) is 0 Å². The zero-order chi connectivity index (χ0) is 21.3. The first-order valence-corrected chi connectivity index (χ1v) is 10.6. The van der Waals surface area contributed by atoms with Crippen LogP contribution in [0.5, 0.6) is 11.5 Å². The number of hydrogen-bond donors (Lipinski definition) is 2. The maximum absolute atomic E-state index is 5.47. The van der Waals surface area contributed by atoms with E-state index in [4.69, 9.17) is 14.2 Å². The lowest BCUT2D eigenvalue weighted by atomic mass is 9.83. The lowest BCUT2D eigenvalue weighted by Gasteiger charge is -2.31. The van der Waals surface area contributed by atoms with Crippen molar-refractivity contribution < 1.29 is 14.2 Å². The molecule has 0 unspecified atom stereocenters. The zero-order valence-corrected chi connectivity index (χ0v) is 21.8. The predicted molar refractivity (Wildman–Crippen MR) is 135 cm³/mol. The molecule has 7 heteroatoms. The van der Waals surface area contributed by atoms with E-state index in [2.05, 4.69) is 41.6 Å². The van der Waals surface area contributed by atoms with Gasteiger partial charge in [0.15, 0.2) is 17.5 Å². The van der Waals surface area contributed by atoms with Gasteiger partial charge in [0.25, 0.3) is 0 Å². The van der Waals surface area contributed by atoms with E-state index in [0.717, 1.165) is 43.6 Å². The van der Waals surface area contributed by atoms with Crippen molar-refractivity contribution in [3.8, 4) is 11.5 Å². The fourth-order valence-electron chi connectivity index (χ4n) is 4.11. The van der Waals surface area contributed by atoms with E-state index >= 15 is 0 Å². The Morgan fingerprint density at radius 1 is 1.07 bits per heavy atom. The van der Waals surface area contributed by atoms with Crippen LogP contribution in [0.2, 0.25) is 0 Å². The highest BCUT2D eigenvalue weighted by Gasteiger charge is 2.33. The summed E-state index contributed by atoms with van der Waals surface area (Å²) in [5.41, 5.74) is 1.41. The number of rotatable bonds is 10. The number of guanidine groups is 1. The van der Waals surface area contributed by atoms with Gasteiger partial charge in [-0.25, -0.2) is 0 Å². The highest BCUT2D eigenvalue weighted by molar-refractivity contribution is 14.0. The van der Waals surface area contributed by atoms with Crippen molar-refractivity contribution in [3.05, 3.63) is 23.8 Å². The Labute approximate surface area is 199 Å². The molecule has 1 fully saturated rings. The van der Waals surface area contributed by atoms with Gasteiger partial charge in [0.2, 0.25) is 0 Å². The van der Waals surface area contributed by atoms with Crippen LogP contribution in [0.3, 0.4) is 0 Å². The molecular weight excluding hydrogens is 493 g/mol. The lowest BCUT2D eigenvalue weighted by molar-refractivity contribution is 0.138. The third kappa shape index (κ3) is 7.18. The first-order valence-electron chi connectivity index (χ1n) is 10.6. The van der Waals surface area contributed by atoms with Crippen LogP contribution in [0.4, 0.5) is 0 Å². The summed E-state index contributed by atoms with van der Waals surface area (Å²) in [5, 5.41) is 7.07. The topological polar surface area (TPSA) is 64.1 Å². The van der Waals surface area contributed by atoms with E-state index in [1.807, 2.05) is 13.1 Å². The van der Waals surface area contributed by atoms with Gasteiger partial charge in [-0.05, 0) is 42.4 Å². The molecule has 0 amide bonds. The second-order valence-electron chi connectivity index (χ2n) is 8.68. The van der Waals surface area contributed by atoms with E-state index in [1.54, 1.807) is 21.3 Å². The number of halogens is 1. The summed E-state index contributed by atoms with van der Waals surface area (Å²) < 4.78 is 16.2.